The minimum atomic E-state index is -4.95. The molecule has 0 heterocycles. The van der Waals surface area contributed by atoms with Gasteiger partial charge in [0.2, 0.25) is 0 Å². The molecule has 0 saturated heterocycles. The van der Waals surface area contributed by atoms with Crippen molar-refractivity contribution in [2.45, 2.75) is 25.9 Å². The smallest absolute Gasteiger partial charge is 0.205 e. The van der Waals surface area contributed by atoms with Gasteiger partial charge >= 0.3 is 6.18 Å². The van der Waals surface area contributed by atoms with Crippen LogP contribution < -0.4 is 0 Å². The lowest BCUT2D eigenvalue weighted by Gasteiger charge is -2.06. The van der Waals surface area contributed by atoms with Gasteiger partial charge in [0.1, 0.15) is 11.6 Å². The molecule has 2 aromatic carbocycles. The number of hydrogen-bond acceptors (Lipinski definition) is 0. The quantitative estimate of drug-likeness (QED) is 0.316. The van der Waals surface area contributed by atoms with E-state index in [1.807, 2.05) is 6.92 Å². The lowest BCUT2D eigenvalue weighted by molar-refractivity contribution is -0.0696. The van der Waals surface area contributed by atoms with E-state index in [0.29, 0.717) is 12.1 Å². The first kappa shape index (κ1) is 20.6. The van der Waals surface area contributed by atoms with Crippen LogP contribution in [-0.4, -0.2) is 6.18 Å². The maximum absolute atomic E-state index is 14.3. The van der Waals surface area contributed by atoms with Gasteiger partial charge in [0.25, 0.3) is 0 Å². The van der Waals surface area contributed by atoms with Crippen LogP contribution in [0.4, 0.5) is 30.7 Å². The summed E-state index contributed by atoms with van der Waals surface area (Å²) in [6.45, 7) is 1.96. The van der Waals surface area contributed by atoms with E-state index in [1.165, 1.54) is 18.1 Å². The van der Waals surface area contributed by atoms with Crippen molar-refractivity contribution in [2.75, 3.05) is 0 Å². The molecule has 2 rings (SSSR count). The van der Waals surface area contributed by atoms with Gasteiger partial charge in [-0.3, -0.25) is 0 Å². The summed E-state index contributed by atoms with van der Waals surface area (Å²) in [6.07, 6.45) is -3.32. The summed E-state index contributed by atoms with van der Waals surface area (Å²) in [5, 5.41) is 0. The number of aryl methyl sites for hydroxylation is 1. The molecule has 0 aliphatic heterocycles. The van der Waals surface area contributed by atoms with Crippen molar-refractivity contribution in [3.63, 3.8) is 0 Å². The Balaban J connectivity index is 2.41. The van der Waals surface area contributed by atoms with Gasteiger partial charge in [0.05, 0.1) is 5.56 Å². The lowest BCUT2D eigenvalue weighted by atomic mass is 10.0. The molecule has 2 aromatic rings. The van der Waals surface area contributed by atoms with Crippen molar-refractivity contribution in [3.05, 3.63) is 70.3 Å². The highest BCUT2D eigenvalue weighted by Crippen LogP contribution is 2.31. The SMILES string of the molecule is CCCc1ccc(C(F)=C(F)c2cc(F)c(C#CC(F)(F)F)c(F)c2)cc1. The molecule has 0 atom stereocenters. The molecular formula is C20H13F7. The molecule has 0 nitrogen and oxygen atoms in total. The number of alkyl halides is 3. The summed E-state index contributed by atoms with van der Waals surface area (Å²) in [7, 11) is 0. The average molecular weight is 386 g/mol. The molecule has 0 unspecified atom stereocenters. The van der Waals surface area contributed by atoms with E-state index in [1.54, 1.807) is 12.1 Å². The fourth-order valence-electron chi connectivity index (χ4n) is 2.31. The Bertz CT molecular complexity index is 887. The summed E-state index contributed by atoms with van der Waals surface area (Å²) in [5.41, 5.74) is -1.17. The minimum Gasteiger partial charge on any atom is -0.205 e. The molecule has 0 radical (unpaired) electrons. The van der Waals surface area contributed by atoms with Gasteiger partial charge in [-0.15, -0.1) is 0 Å². The Hall–Kier alpha value is -2.75. The Morgan fingerprint density at radius 3 is 1.89 bits per heavy atom. The van der Waals surface area contributed by atoms with Crippen molar-refractivity contribution in [2.24, 2.45) is 0 Å². The Kier molecular flexibility index (Phi) is 6.32. The van der Waals surface area contributed by atoms with E-state index in [-0.39, 0.29) is 5.56 Å². The van der Waals surface area contributed by atoms with Crippen LogP contribution in [0.25, 0.3) is 11.7 Å². The van der Waals surface area contributed by atoms with Crippen molar-refractivity contribution in [1.29, 1.82) is 0 Å². The molecule has 0 N–H and O–H groups in total. The van der Waals surface area contributed by atoms with Crippen molar-refractivity contribution in [1.82, 2.24) is 0 Å². The Morgan fingerprint density at radius 2 is 1.41 bits per heavy atom. The fourth-order valence-corrected chi connectivity index (χ4v) is 2.31. The summed E-state index contributed by atoms with van der Waals surface area (Å²) in [5.74, 6) is -3.90. The van der Waals surface area contributed by atoms with E-state index < -0.39 is 40.6 Å². The van der Waals surface area contributed by atoms with Gasteiger partial charge < -0.3 is 0 Å². The van der Waals surface area contributed by atoms with Gasteiger partial charge in [0.15, 0.2) is 11.7 Å². The lowest BCUT2D eigenvalue weighted by Crippen LogP contribution is -2.02. The van der Waals surface area contributed by atoms with E-state index in [9.17, 15) is 30.7 Å². The van der Waals surface area contributed by atoms with E-state index in [2.05, 4.69) is 0 Å². The standard InChI is InChI=1S/C20H13F7/c1-2-3-12-4-6-13(7-5-12)18(23)19(24)14-10-16(21)15(17(22)11-14)8-9-20(25,26)27/h4-7,10-11H,2-3H2,1H3. The van der Waals surface area contributed by atoms with Gasteiger partial charge in [0, 0.05) is 17.0 Å². The highest BCUT2D eigenvalue weighted by atomic mass is 19.4. The highest BCUT2D eigenvalue weighted by molar-refractivity contribution is 5.83. The number of halogens is 7. The first-order valence-electron chi connectivity index (χ1n) is 7.86. The molecule has 0 bridgehead atoms. The molecule has 0 saturated carbocycles. The van der Waals surface area contributed by atoms with Crippen LogP contribution in [0.1, 0.15) is 35.6 Å². The second-order valence-electron chi connectivity index (χ2n) is 5.64. The molecule has 0 aliphatic carbocycles. The van der Waals surface area contributed by atoms with Gasteiger partial charge in [-0.2, -0.15) is 13.2 Å². The van der Waals surface area contributed by atoms with Crippen LogP contribution in [0.15, 0.2) is 36.4 Å². The van der Waals surface area contributed by atoms with Gasteiger partial charge in [-0.25, -0.2) is 17.6 Å². The molecule has 7 heteroatoms. The number of hydrogen-bond donors (Lipinski definition) is 0. The van der Waals surface area contributed by atoms with Gasteiger partial charge in [-0.1, -0.05) is 43.5 Å². The largest absolute Gasteiger partial charge is 0.458 e. The molecule has 142 valence electrons. The van der Waals surface area contributed by atoms with Crippen molar-refractivity contribution < 1.29 is 30.7 Å². The Morgan fingerprint density at radius 1 is 0.889 bits per heavy atom. The minimum absolute atomic E-state index is 0.130. The van der Waals surface area contributed by atoms with Crippen LogP contribution in [0.2, 0.25) is 0 Å². The first-order chi connectivity index (χ1) is 12.6. The zero-order valence-corrected chi connectivity index (χ0v) is 14.0. The van der Waals surface area contributed by atoms with E-state index >= 15 is 0 Å². The molecular weight excluding hydrogens is 373 g/mol. The fraction of sp³-hybridized carbons (Fsp3) is 0.200. The summed E-state index contributed by atoms with van der Waals surface area (Å²) in [4.78, 5) is 0. The zero-order chi connectivity index (χ0) is 20.2. The molecule has 0 fully saturated rings. The average Bonchev–Trinajstić information content (AvgIpc) is 2.59. The van der Waals surface area contributed by atoms with Crippen LogP contribution in [0.3, 0.4) is 0 Å². The maximum atomic E-state index is 14.3. The molecule has 27 heavy (non-hydrogen) atoms. The number of benzene rings is 2. The van der Waals surface area contributed by atoms with Crippen LogP contribution in [-0.2, 0) is 6.42 Å². The third kappa shape index (κ3) is 5.36. The van der Waals surface area contributed by atoms with Crippen molar-refractivity contribution in [3.8, 4) is 11.8 Å². The van der Waals surface area contributed by atoms with Gasteiger partial charge in [-0.05, 0) is 24.1 Å². The summed E-state index contributed by atoms with van der Waals surface area (Å²) < 4.78 is 92.4. The molecule has 0 aliphatic rings. The van der Waals surface area contributed by atoms with Crippen LogP contribution >= 0.6 is 0 Å². The molecule has 0 aromatic heterocycles. The van der Waals surface area contributed by atoms with Crippen LogP contribution in [0.5, 0.6) is 0 Å². The summed E-state index contributed by atoms with van der Waals surface area (Å²) in [6, 6.07) is 6.64. The maximum Gasteiger partial charge on any atom is 0.458 e. The monoisotopic (exact) mass is 386 g/mol. The molecule has 0 amide bonds. The second kappa shape index (κ2) is 8.30. The third-order valence-corrected chi connectivity index (χ3v) is 3.56. The van der Waals surface area contributed by atoms with E-state index in [0.717, 1.165) is 24.3 Å². The first-order valence-corrected chi connectivity index (χ1v) is 7.86. The molecule has 0 spiro atoms. The highest BCUT2D eigenvalue weighted by Gasteiger charge is 2.24. The predicted molar refractivity (Wildman–Crippen MR) is 88.8 cm³/mol. The Labute approximate surface area is 151 Å². The summed E-state index contributed by atoms with van der Waals surface area (Å²) >= 11 is 0. The number of rotatable bonds is 4. The van der Waals surface area contributed by atoms with Crippen molar-refractivity contribution >= 4 is 11.7 Å². The second-order valence-corrected chi connectivity index (χ2v) is 5.64. The predicted octanol–water partition coefficient (Wildman–Crippen LogP) is 6.60. The zero-order valence-electron chi connectivity index (χ0n) is 14.0. The van der Waals surface area contributed by atoms with E-state index in [4.69, 9.17) is 0 Å². The normalized spacial score (nSPS) is 12.3. The van der Waals surface area contributed by atoms with Crippen LogP contribution in [0, 0.1) is 23.5 Å². The topological polar surface area (TPSA) is 0 Å². The third-order valence-electron chi connectivity index (χ3n) is 3.56.